The molecule has 0 atom stereocenters. The molecule has 1 aliphatic carbocycles. The van der Waals surface area contributed by atoms with Gasteiger partial charge >= 0.3 is 0 Å². The molecule has 33 heavy (non-hydrogen) atoms. The first kappa shape index (κ1) is 21.8. The number of amides is 2. The zero-order valence-corrected chi connectivity index (χ0v) is 19.9. The van der Waals surface area contributed by atoms with Crippen molar-refractivity contribution in [2.24, 2.45) is 0 Å². The Kier molecular flexibility index (Phi) is 5.98. The molecule has 2 aromatic carbocycles. The molecular weight excluding hydrogens is 432 g/mol. The van der Waals surface area contributed by atoms with Crippen LogP contribution in [0.2, 0.25) is 0 Å². The molecule has 3 aromatic rings. The Balaban J connectivity index is 1.37. The monoisotopic (exact) mass is 460 g/mol. The number of hydrogen-bond acceptors (Lipinski definition) is 4. The highest BCUT2D eigenvalue weighted by atomic mass is 32.2. The van der Waals surface area contributed by atoms with Crippen molar-refractivity contribution in [1.82, 2.24) is 14.7 Å². The van der Waals surface area contributed by atoms with Crippen molar-refractivity contribution in [2.45, 2.75) is 33.1 Å². The van der Waals surface area contributed by atoms with E-state index in [4.69, 9.17) is 5.10 Å². The summed E-state index contributed by atoms with van der Waals surface area (Å²) in [6.07, 6.45) is 2.82. The van der Waals surface area contributed by atoms with E-state index in [0.717, 1.165) is 66.4 Å². The van der Waals surface area contributed by atoms with Crippen molar-refractivity contribution in [2.75, 3.05) is 29.9 Å². The first-order valence-electron chi connectivity index (χ1n) is 11.5. The van der Waals surface area contributed by atoms with Gasteiger partial charge in [-0.25, -0.2) is 4.68 Å². The van der Waals surface area contributed by atoms with E-state index in [1.807, 2.05) is 58.6 Å². The zero-order valence-electron chi connectivity index (χ0n) is 19.1. The SMILES string of the molecule is Cc1ccc(-n2nc(C(=O)Nc3ccc(C(=O)N4CCSCC4)cc3C)c3c2CCC3)cc1. The van der Waals surface area contributed by atoms with Crippen LogP contribution in [-0.2, 0) is 12.8 Å². The molecule has 2 heterocycles. The largest absolute Gasteiger partial charge is 0.337 e. The van der Waals surface area contributed by atoms with Crippen LogP contribution >= 0.6 is 11.8 Å². The quantitative estimate of drug-likeness (QED) is 0.626. The van der Waals surface area contributed by atoms with Crippen LogP contribution in [0.4, 0.5) is 5.69 Å². The number of nitrogens with one attached hydrogen (secondary N) is 1. The number of benzene rings is 2. The summed E-state index contributed by atoms with van der Waals surface area (Å²) in [5, 5.41) is 7.74. The van der Waals surface area contributed by atoms with Gasteiger partial charge in [-0.15, -0.1) is 0 Å². The Morgan fingerprint density at radius 3 is 2.48 bits per heavy atom. The number of hydrogen-bond donors (Lipinski definition) is 1. The van der Waals surface area contributed by atoms with E-state index < -0.39 is 0 Å². The van der Waals surface area contributed by atoms with Crippen LogP contribution in [0, 0.1) is 13.8 Å². The second-order valence-corrected chi connectivity index (χ2v) is 9.99. The van der Waals surface area contributed by atoms with Gasteiger partial charge in [-0.3, -0.25) is 9.59 Å². The summed E-state index contributed by atoms with van der Waals surface area (Å²) in [5.41, 5.74) is 7.08. The van der Waals surface area contributed by atoms with E-state index in [9.17, 15) is 9.59 Å². The van der Waals surface area contributed by atoms with Gasteiger partial charge in [-0.2, -0.15) is 16.9 Å². The summed E-state index contributed by atoms with van der Waals surface area (Å²) in [5.74, 6) is 1.83. The molecule has 0 spiro atoms. The average molecular weight is 461 g/mol. The smallest absolute Gasteiger partial charge is 0.276 e. The lowest BCUT2D eigenvalue weighted by molar-refractivity contribution is 0.0772. The minimum absolute atomic E-state index is 0.0611. The topological polar surface area (TPSA) is 67.2 Å². The van der Waals surface area contributed by atoms with Crippen LogP contribution in [0.15, 0.2) is 42.5 Å². The van der Waals surface area contributed by atoms with E-state index in [1.165, 1.54) is 5.56 Å². The molecule has 2 aliphatic rings. The summed E-state index contributed by atoms with van der Waals surface area (Å²) in [4.78, 5) is 27.9. The molecule has 1 N–H and O–H groups in total. The Labute approximate surface area is 198 Å². The number of nitrogens with zero attached hydrogens (tertiary/aromatic N) is 3. The number of carbonyl (C=O) groups excluding carboxylic acids is 2. The van der Waals surface area contributed by atoms with E-state index in [2.05, 4.69) is 24.4 Å². The fourth-order valence-electron chi connectivity index (χ4n) is 4.59. The van der Waals surface area contributed by atoms with Gasteiger partial charge in [0.25, 0.3) is 11.8 Å². The van der Waals surface area contributed by atoms with Crippen molar-refractivity contribution in [1.29, 1.82) is 0 Å². The summed E-state index contributed by atoms with van der Waals surface area (Å²) in [6.45, 7) is 5.56. The molecule has 1 saturated heterocycles. The second-order valence-electron chi connectivity index (χ2n) is 8.76. The van der Waals surface area contributed by atoms with Crippen LogP contribution in [-0.4, -0.2) is 51.1 Å². The molecular formula is C26H28N4O2S. The van der Waals surface area contributed by atoms with Gasteiger partial charge < -0.3 is 10.2 Å². The lowest BCUT2D eigenvalue weighted by atomic mass is 10.1. The number of aromatic nitrogens is 2. The van der Waals surface area contributed by atoms with Gasteiger partial charge in [-0.1, -0.05) is 17.7 Å². The number of thioether (sulfide) groups is 1. The normalized spacial score (nSPS) is 15.4. The average Bonchev–Trinajstić information content (AvgIpc) is 3.44. The third-order valence-electron chi connectivity index (χ3n) is 6.44. The lowest BCUT2D eigenvalue weighted by Crippen LogP contribution is -2.37. The van der Waals surface area contributed by atoms with Gasteiger partial charge in [0.15, 0.2) is 5.69 Å². The van der Waals surface area contributed by atoms with Crippen LogP contribution in [0.5, 0.6) is 0 Å². The van der Waals surface area contributed by atoms with Crippen LogP contribution < -0.4 is 5.32 Å². The maximum absolute atomic E-state index is 13.2. The third-order valence-corrected chi connectivity index (χ3v) is 7.39. The van der Waals surface area contributed by atoms with Gasteiger partial charge in [0, 0.05) is 47.1 Å². The fraction of sp³-hybridized carbons (Fsp3) is 0.346. The predicted octanol–water partition coefficient (Wildman–Crippen LogP) is 4.42. The number of rotatable bonds is 4. The van der Waals surface area contributed by atoms with Crippen LogP contribution in [0.25, 0.3) is 5.69 Å². The maximum Gasteiger partial charge on any atom is 0.276 e. The van der Waals surface area contributed by atoms with Gasteiger partial charge in [0.05, 0.1) is 5.69 Å². The Morgan fingerprint density at radius 2 is 1.76 bits per heavy atom. The molecule has 2 amide bonds. The standard InChI is InChI=1S/C26H28N4O2S/c1-17-6-9-20(10-7-17)30-23-5-3-4-21(23)24(28-30)25(31)27-22-11-8-19(16-18(22)2)26(32)29-12-14-33-15-13-29/h6-11,16H,3-5,12-15H2,1-2H3,(H,27,31). The molecule has 1 aromatic heterocycles. The van der Waals surface area contributed by atoms with Gasteiger partial charge in [0.2, 0.25) is 0 Å². The number of aryl methyl sites for hydroxylation is 2. The zero-order chi connectivity index (χ0) is 22.9. The lowest BCUT2D eigenvalue weighted by Gasteiger charge is -2.26. The first-order chi connectivity index (χ1) is 16.0. The number of fused-ring (bicyclic) bond motifs is 1. The molecule has 5 rings (SSSR count). The molecule has 170 valence electrons. The number of anilines is 1. The summed E-state index contributed by atoms with van der Waals surface area (Å²) < 4.78 is 1.92. The van der Waals surface area contributed by atoms with Crippen LogP contribution in [0.1, 0.15) is 49.7 Å². The molecule has 1 fully saturated rings. The van der Waals surface area contributed by atoms with Crippen molar-refractivity contribution >= 4 is 29.3 Å². The highest BCUT2D eigenvalue weighted by Gasteiger charge is 2.27. The van der Waals surface area contributed by atoms with Crippen molar-refractivity contribution < 1.29 is 9.59 Å². The van der Waals surface area contributed by atoms with Crippen molar-refractivity contribution in [3.8, 4) is 5.69 Å². The Morgan fingerprint density at radius 1 is 1.00 bits per heavy atom. The summed E-state index contributed by atoms with van der Waals surface area (Å²) in [7, 11) is 0. The molecule has 7 heteroatoms. The summed E-state index contributed by atoms with van der Waals surface area (Å²) >= 11 is 1.88. The van der Waals surface area contributed by atoms with Crippen molar-refractivity contribution in [3.63, 3.8) is 0 Å². The second kappa shape index (κ2) is 9.06. The molecule has 6 nitrogen and oxygen atoms in total. The number of carbonyl (C=O) groups is 2. The molecule has 0 radical (unpaired) electrons. The molecule has 0 unspecified atom stereocenters. The Bertz CT molecular complexity index is 1210. The highest BCUT2D eigenvalue weighted by molar-refractivity contribution is 7.99. The molecule has 1 aliphatic heterocycles. The predicted molar refractivity (Wildman–Crippen MR) is 133 cm³/mol. The van der Waals surface area contributed by atoms with Gasteiger partial charge in [-0.05, 0) is 69.0 Å². The molecule has 0 bridgehead atoms. The van der Waals surface area contributed by atoms with E-state index in [1.54, 1.807) is 0 Å². The van der Waals surface area contributed by atoms with E-state index in [-0.39, 0.29) is 11.8 Å². The van der Waals surface area contributed by atoms with Crippen LogP contribution in [0.3, 0.4) is 0 Å². The first-order valence-corrected chi connectivity index (χ1v) is 12.6. The highest BCUT2D eigenvalue weighted by Crippen LogP contribution is 2.29. The Hall–Kier alpha value is -3.06. The molecule has 0 saturated carbocycles. The van der Waals surface area contributed by atoms with E-state index >= 15 is 0 Å². The van der Waals surface area contributed by atoms with E-state index in [0.29, 0.717) is 16.9 Å². The third kappa shape index (κ3) is 4.29. The van der Waals surface area contributed by atoms with Gasteiger partial charge in [0.1, 0.15) is 0 Å². The summed E-state index contributed by atoms with van der Waals surface area (Å²) in [6, 6.07) is 13.7. The maximum atomic E-state index is 13.2. The van der Waals surface area contributed by atoms with Crippen molar-refractivity contribution in [3.05, 3.63) is 76.1 Å². The fourth-order valence-corrected chi connectivity index (χ4v) is 5.49. The minimum Gasteiger partial charge on any atom is -0.337 e. The minimum atomic E-state index is -0.200.